The predicted octanol–water partition coefficient (Wildman–Crippen LogP) is 6.35. The van der Waals surface area contributed by atoms with Gasteiger partial charge in [-0.25, -0.2) is 0 Å². The van der Waals surface area contributed by atoms with Crippen LogP contribution in [-0.2, 0) is 6.18 Å². The van der Waals surface area contributed by atoms with Crippen LogP contribution >= 0.6 is 0 Å². The summed E-state index contributed by atoms with van der Waals surface area (Å²) in [6, 6.07) is 2.80. The van der Waals surface area contributed by atoms with Crippen LogP contribution in [0, 0.1) is 0 Å². The second-order valence-corrected chi connectivity index (χ2v) is 19.2. The zero-order valence-electron chi connectivity index (χ0n) is 14.1. The molecule has 1 aromatic rings. The van der Waals surface area contributed by atoms with Gasteiger partial charge < -0.3 is 0 Å². The SMILES string of the molecule is CCC[CH2][Sn]([CH2]CCC)([CH2]CCC)[c]1ccc(C(F)(F)F)o1. The van der Waals surface area contributed by atoms with Gasteiger partial charge >= 0.3 is 136 Å². The second kappa shape index (κ2) is 9.23. The van der Waals surface area contributed by atoms with Crippen LogP contribution in [0.25, 0.3) is 0 Å². The number of halogens is 3. The fraction of sp³-hybridized carbons (Fsp3) is 0.765. The van der Waals surface area contributed by atoms with E-state index in [9.17, 15) is 13.2 Å². The number of alkyl halides is 3. The summed E-state index contributed by atoms with van der Waals surface area (Å²) in [5.41, 5.74) is 0. The molecule has 5 heteroatoms. The van der Waals surface area contributed by atoms with E-state index < -0.39 is 30.3 Å². The number of rotatable bonds is 10. The summed E-state index contributed by atoms with van der Waals surface area (Å²) >= 11 is -2.84. The third-order valence-electron chi connectivity index (χ3n) is 4.43. The van der Waals surface area contributed by atoms with Crippen LogP contribution < -0.4 is 3.78 Å². The Morgan fingerprint density at radius 1 is 0.864 bits per heavy atom. The zero-order valence-corrected chi connectivity index (χ0v) is 16.9. The fourth-order valence-corrected chi connectivity index (χ4v) is 18.3. The first-order valence-corrected chi connectivity index (χ1v) is 16.0. The summed E-state index contributed by atoms with van der Waals surface area (Å²) in [6.45, 7) is 6.46. The monoisotopic (exact) mass is 426 g/mol. The van der Waals surface area contributed by atoms with Crippen molar-refractivity contribution >= 4 is 22.2 Å². The van der Waals surface area contributed by atoms with Crippen molar-refractivity contribution in [3.8, 4) is 0 Å². The van der Waals surface area contributed by atoms with Crippen LogP contribution in [-0.4, -0.2) is 18.4 Å². The Labute approximate surface area is 136 Å². The fourth-order valence-electron chi connectivity index (χ4n) is 3.07. The van der Waals surface area contributed by atoms with Crippen molar-refractivity contribution in [3.63, 3.8) is 0 Å². The number of unbranched alkanes of at least 4 members (excludes halogenated alkanes) is 3. The van der Waals surface area contributed by atoms with Gasteiger partial charge in [-0.1, -0.05) is 0 Å². The summed E-state index contributed by atoms with van der Waals surface area (Å²) in [7, 11) is 0. The van der Waals surface area contributed by atoms with Gasteiger partial charge in [0.2, 0.25) is 0 Å². The average molecular weight is 425 g/mol. The van der Waals surface area contributed by atoms with Crippen LogP contribution in [0.5, 0.6) is 0 Å². The van der Waals surface area contributed by atoms with Gasteiger partial charge in [0, 0.05) is 0 Å². The van der Waals surface area contributed by atoms with Gasteiger partial charge in [-0.3, -0.25) is 0 Å². The predicted molar refractivity (Wildman–Crippen MR) is 88.2 cm³/mol. The van der Waals surface area contributed by atoms with E-state index in [2.05, 4.69) is 20.8 Å². The Morgan fingerprint density at radius 3 is 1.64 bits per heavy atom. The molecule has 0 saturated carbocycles. The molecular weight excluding hydrogens is 396 g/mol. The van der Waals surface area contributed by atoms with Crippen molar-refractivity contribution in [2.45, 2.75) is 78.8 Å². The molecule has 0 amide bonds. The molecule has 0 fully saturated rings. The van der Waals surface area contributed by atoms with E-state index in [0.29, 0.717) is 0 Å². The number of furan rings is 1. The molecule has 0 saturated heterocycles. The molecule has 0 aliphatic heterocycles. The van der Waals surface area contributed by atoms with Gasteiger partial charge in [0.1, 0.15) is 0 Å². The zero-order chi connectivity index (χ0) is 16.6. The van der Waals surface area contributed by atoms with Gasteiger partial charge in [-0.05, 0) is 0 Å². The molecule has 0 aromatic carbocycles. The van der Waals surface area contributed by atoms with Crippen molar-refractivity contribution in [2.75, 3.05) is 0 Å². The van der Waals surface area contributed by atoms with Crippen molar-refractivity contribution in [3.05, 3.63) is 17.9 Å². The molecule has 0 bridgehead atoms. The third-order valence-corrected chi connectivity index (χ3v) is 19.4. The topological polar surface area (TPSA) is 13.1 Å². The quantitative estimate of drug-likeness (QED) is 0.398. The normalized spacial score (nSPS) is 12.8. The van der Waals surface area contributed by atoms with Gasteiger partial charge in [0.05, 0.1) is 0 Å². The molecule has 0 aliphatic carbocycles. The Morgan fingerprint density at radius 2 is 1.32 bits per heavy atom. The molecule has 0 N–H and O–H groups in total. The van der Waals surface area contributed by atoms with Crippen LogP contribution in [0.4, 0.5) is 13.2 Å². The van der Waals surface area contributed by atoms with Crippen molar-refractivity contribution in [1.82, 2.24) is 0 Å². The van der Waals surface area contributed by atoms with Crippen molar-refractivity contribution in [1.29, 1.82) is 0 Å². The van der Waals surface area contributed by atoms with Crippen molar-refractivity contribution in [2.24, 2.45) is 0 Å². The van der Waals surface area contributed by atoms with Gasteiger partial charge in [0.25, 0.3) is 0 Å². The molecule has 0 unspecified atom stereocenters. The van der Waals surface area contributed by atoms with E-state index in [1.54, 1.807) is 6.07 Å². The maximum atomic E-state index is 12.9. The van der Waals surface area contributed by atoms with Crippen molar-refractivity contribution < 1.29 is 17.6 Å². The first kappa shape index (κ1) is 19.9. The van der Waals surface area contributed by atoms with Crippen LogP contribution in [0.2, 0.25) is 13.3 Å². The summed E-state index contributed by atoms with van der Waals surface area (Å²) in [6.07, 6.45) is 2.29. The molecule has 1 aromatic heterocycles. The van der Waals surface area contributed by atoms with Crippen LogP contribution in [0.1, 0.15) is 65.1 Å². The Hall–Kier alpha value is -0.131. The first-order chi connectivity index (χ1) is 10.4. The molecule has 0 aliphatic rings. The summed E-state index contributed by atoms with van der Waals surface area (Å²) in [4.78, 5) is 0. The van der Waals surface area contributed by atoms with E-state index in [1.165, 1.54) is 0 Å². The Bertz CT molecular complexity index is 404. The summed E-state index contributed by atoms with van der Waals surface area (Å²) < 4.78 is 48.1. The minimum atomic E-state index is -4.36. The minimum absolute atomic E-state index is 0.747. The number of hydrogen-bond donors (Lipinski definition) is 0. The second-order valence-electron chi connectivity index (χ2n) is 6.25. The van der Waals surface area contributed by atoms with Crippen LogP contribution in [0.15, 0.2) is 16.5 Å². The maximum absolute atomic E-state index is 12.9. The van der Waals surface area contributed by atoms with E-state index in [0.717, 1.165) is 61.7 Å². The van der Waals surface area contributed by atoms with Gasteiger partial charge in [-0.2, -0.15) is 0 Å². The molecule has 1 nitrogen and oxygen atoms in total. The van der Waals surface area contributed by atoms with E-state index in [4.69, 9.17) is 4.42 Å². The third kappa shape index (κ3) is 5.50. The summed E-state index contributed by atoms with van der Waals surface area (Å²) in [5.74, 6) is -0.812. The van der Waals surface area contributed by atoms with E-state index in [-0.39, 0.29) is 0 Å². The molecule has 1 rings (SSSR count). The van der Waals surface area contributed by atoms with Gasteiger partial charge in [0.15, 0.2) is 0 Å². The summed E-state index contributed by atoms with van der Waals surface area (Å²) in [5, 5.41) is 0. The van der Waals surface area contributed by atoms with Crippen LogP contribution in [0.3, 0.4) is 0 Å². The average Bonchev–Trinajstić information content (AvgIpc) is 2.97. The Kier molecular flexibility index (Phi) is 8.36. The van der Waals surface area contributed by atoms with E-state index >= 15 is 0 Å². The molecule has 22 heavy (non-hydrogen) atoms. The van der Waals surface area contributed by atoms with E-state index in [1.807, 2.05) is 0 Å². The number of hydrogen-bond acceptors (Lipinski definition) is 1. The van der Waals surface area contributed by atoms with Gasteiger partial charge in [-0.15, -0.1) is 0 Å². The Balaban J connectivity index is 3.10. The standard InChI is InChI=1S/C5H2F3O.3C4H9.Sn/c6-5(7,8)4-2-1-3-9-4;3*1-3-4-2;/h1-2H;3*1,3-4H2,2H3;. The molecule has 0 atom stereocenters. The first-order valence-electron chi connectivity index (χ1n) is 8.57. The molecule has 0 spiro atoms. The molecular formula is C17H29F3OSn. The molecule has 128 valence electrons. The molecule has 1 heterocycles. The molecule has 0 radical (unpaired) electrons.